The van der Waals surface area contributed by atoms with Crippen molar-refractivity contribution in [2.45, 2.75) is 26.2 Å². The third kappa shape index (κ3) is 4.29. The molecule has 0 heterocycles. The summed E-state index contributed by atoms with van der Waals surface area (Å²) < 4.78 is 0. The number of rotatable bonds is 7. The molecule has 1 aromatic carbocycles. The van der Waals surface area contributed by atoms with Gasteiger partial charge in [0.25, 0.3) is 0 Å². The molecule has 1 amide bonds. The molecular formula is C16H20ClNO3. The van der Waals surface area contributed by atoms with E-state index in [2.05, 4.69) is 5.32 Å². The zero-order valence-corrected chi connectivity index (χ0v) is 12.8. The van der Waals surface area contributed by atoms with Gasteiger partial charge >= 0.3 is 0 Å². The van der Waals surface area contributed by atoms with E-state index in [9.17, 15) is 14.7 Å². The van der Waals surface area contributed by atoms with Crippen molar-refractivity contribution in [1.29, 1.82) is 0 Å². The van der Waals surface area contributed by atoms with Gasteiger partial charge in [-0.3, -0.25) is 9.59 Å². The van der Waals surface area contributed by atoms with Crippen LogP contribution in [0, 0.1) is 11.3 Å². The highest BCUT2D eigenvalue weighted by atomic mass is 35.5. The van der Waals surface area contributed by atoms with Crippen molar-refractivity contribution in [3.63, 3.8) is 0 Å². The fourth-order valence-corrected chi connectivity index (χ4v) is 2.32. The van der Waals surface area contributed by atoms with Crippen LogP contribution >= 0.6 is 11.6 Å². The molecule has 0 radical (unpaired) electrons. The Morgan fingerprint density at radius 2 is 1.95 bits per heavy atom. The van der Waals surface area contributed by atoms with Crippen LogP contribution in [0.15, 0.2) is 24.3 Å². The molecule has 114 valence electrons. The van der Waals surface area contributed by atoms with Crippen LogP contribution in [0.3, 0.4) is 0 Å². The molecule has 0 aromatic heterocycles. The Labute approximate surface area is 129 Å². The van der Waals surface area contributed by atoms with E-state index in [0.717, 1.165) is 12.8 Å². The first-order valence-corrected chi connectivity index (χ1v) is 7.51. The molecule has 0 aliphatic heterocycles. The van der Waals surface area contributed by atoms with Crippen LogP contribution in [0.25, 0.3) is 0 Å². The third-order valence-electron chi connectivity index (χ3n) is 4.02. The van der Waals surface area contributed by atoms with Gasteiger partial charge in [0.2, 0.25) is 5.91 Å². The fraction of sp³-hybridized carbons (Fsp3) is 0.500. The summed E-state index contributed by atoms with van der Waals surface area (Å²) in [6, 6.07) is 6.67. The summed E-state index contributed by atoms with van der Waals surface area (Å²) in [6.07, 6.45) is 2.05. The summed E-state index contributed by atoms with van der Waals surface area (Å²) >= 11 is 5.79. The zero-order chi connectivity index (χ0) is 15.5. The van der Waals surface area contributed by atoms with E-state index in [1.807, 2.05) is 0 Å². The highest BCUT2D eigenvalue weighted by Gasteiger charge is 2.42. The Morgan fingerprint density at radius 1 is 1.33 bits per heavy atom. The standard InChI is InChI=1S/C16H20ClNO3/c1-11(15(21)12-2-4-13(17)5-3-12)8-14(20)18-9-16(10-19)6-7-16/h2-5,11,19H,6-10H2,1H3,(H,18,20). The summed E-state index contributed by atoms with van der Waals surface area (Å²) in [5.74, 6) is -0.592. The molecule has 2 N–H and O–H groups in total. The summed E-state index contributed by atoms with van der Waals surface area (Å²) in [7, 11) is 0. The highest BCUT2D eigenvalue weighted by Crippen LogP contribution is 2.44. The summed E-state index contributed by atoms with van der Waals surface area (Å²) in [6.45, 7) is 2.34. The summed E-state index contributed by atoms with van der Waals surface area (Å²) in [5, 5.41) is 12.6. The second kappa shape index (κ2) is 6.58. The molecule has 1 saturated carbocycles. The molecule has 1 aromatic rings. The first-order chi connectivity index (χ1) is 9.96. The first-order valence-electron chi connectivity index (χ1n) is 7.13. The van der Waals surface area contributed by atoms with Gasteiger partial charge in [0.05, 0.1) is 6.61 Å². The Morgan fingerprint density at radius 3 is 2.48 bits per heavy atom. The number of hydrogen-bond donors (Lipinski definition) is 2. The fourth-order valence-electron chi connectivity index (χ4n) is 2.20. The minimum atomic E-state index is -0.379. The number of Topliss-reactive ketones (excluding diaryl/α,β-unsaturated/α-hetero) is 1. The number of carbonyl (C=O) groups is 2. The van der Waals surface area contributed by atoms with E-state index in [0.29, 0.717) is 17.1 Å². The van der Waals surface area contributed by atoms with Gasteiger partial charge in [-0.2, -0.15) is 0 Å². The molecule has 4 nitrogen and oxygen atoms in total. The normalized spacial score (nSPS) is 17.1. The van der Waals surface area contributed by atoms with Gasteiger partial charge in [0, 0.05) is 34.9 Å². The van der Waals surface area contributed by atoms with Crippen LogP contribution in [0.4, 0.5) is 0 Å². The molecular weight excluding hydrogens is 290 g/mol. The zero-order valence-electron chi connectivity index (χ0n) is 12.1. The number of aliphatic hydroxyl groups is 1. The van der Waals surface area contributed by atoms with Gasteiger partial charge < -0.3 is 10.4 Å². The molecule has 1 aliphatic carbocycles. The highest BCUT2D eigenvalue weighted by molar-refractivity contribution is 6.30. The topological polar surface area (TPSA) is 66.4 Å². The van der Waals surface area contributed by atoms with Crippen molar-refractivity contribution >= 4 is 23.3 Å². The summed E-state index contributed by atoms with van der Waals surface area (Å²) in [5.41, 5.74) is 0.452. The smallest absolute Gasteiger partial charge is 0.220 e. The van der Waals surface area contributed by atoms with Crippen molar-refractivity contribution in [3.8, 4) is 0 Å². The van der Waals surface area contributed by atoms with Crippen LogP contribution in [0.1, 0.15) is 36.5 Å². The first kappa shape index (κ1) is 16.0. The van der Waals surface area contributed by atoms with Gasteiger partial charge in [-0.05, 0) is 37.1 Å². The minimum absolute atomic E-state index is 0.0647. The van der Waals surface area contributed by atoms with E-state index < -0.39 is 0 Å². The molecule has 1 unspecified atom stereocenters. The molecule has 0 spiro atoms. The number of benzene rings is 1. The summed E-state index contributed by atoms with van der Waals surface area (Å²) in [4.78, 5) is 24.1. The Balaban J connectivity index is 1.82. The SMILES string of the molecule is CC(CC(=O)NCC1(CO)CC1)C(=O)c1ccc(Cl)cc1. The van der Waals surface area contributed by atoms with Gasteiger partial charge in [0.1, 0.15) is 0 Å². The average Bonchev–Trinajstić information content (AvgIpc) is 3.26. The monoisotopic (exact) mass is 309 g/mol. The lowest BCUT2D eigenvalue weighted by molar-refractivity contribution is -0.122. The Bertz CT molecular complexity index is 523. The maximum absolute atomic E-state index is 12.2. The van der Waals surface area contributed by atoms with Crippen molar-refractivity contribution in [2.75, 3.05) is 13.2 Å². The van der Waals surface area contributed by atoms with Crippen molar-refractivity contribution in [1.82, 2.24) is 5.32 Å². The van der Waals surface area contributed by atoms with E-state index >= 15 is 0 Å². The van der Waals surface area contributed by atoms with E-state index in [1.54, 1.807) is 31.2 Å². The average molecular weight is 310 g/mol. The van der Waals surface area contributed by atoms with Crippen LogP contribution in [0.5, 0.6) is 0 Å². The van der Waals surface area contributed by atoms with Crippen molar-refractivity contribution in [3.05, 3.63) is 34.9 Å². The molecule has 5 heteroatoms. The lowest BCUT2D eigenvalue weighted by atomic mass is 9.96. The van der Waals surface area contributed by atoms with Gasteiger partial charge in [-0.15, -0.1) is 0 Å². The Hall–Kier alpha value is -1.39. The van der Waals surface area contributed by atoms with Crippen LogP contribution in [0.2, 0.25) is 5.02 Å². The lowest BCUT2D eigenvalue weighted by Gasteiger charge is -2.14. The predicted molar refractivity (Wildman–Crippen MR) is 81.3 cm³/mol. The second-order valence-corrected chi connectivity index (χ2v) is 6.35. The maximum Gasteiger partial charge on any atom is 0.220 e. The molecule has 1 atom stereocenters. The van der Waals surface area contributed by atoms with Gasteiger partial charge in [-0.1, -0.05) is 18.5 Å². The quantitative estimate of drug-likeness (QED) is 0.760. The van der Waals surface area contributed by atoms with Crippen LogP contribution in [-0.4, -0.2) is 29.9 Å². The van der Waals surface area contributed by atoms with Crippen LogP contribution < -0.4 is 5.32 Å². The van der Waals surface area contributed by atoms with Crippen molar-refractivity contribution < 1.29 is 14.7 Å². The number of carbonyl (C=O) groups excluding carboxylic acids is 2. The molecule has 0 saturated heterocycles. The van der Waals surface area contributed by atoms with Gasteiger partial charge in [-0.25, -0.2) is 0 Å². The molecule has 2 rings (SSSR count). The van der Waals surface area contributed by atoms with E-state index in [4.69, 9.17) is 11.6 Å². The molecule has 1 fully saturated rings. The van der Waals surface area contributed by atoms with E-state index in [-0.39, 0.29) is 36.1 Å². The van der Waals surface area contributed by atoms with E-state index in [1.165, 1.54) is 0 Å². The van der Waals surface area contributed by atoms with Crippen molar-refractivity contribution in [2.24, 2.45) is 11.3 Å². The number of amides is 1. The minimum Gasteiger partial charge on any atom is -0.396 e. The number of nitrogens with one attached hydrogen (secondary N) is 1. The largest absolute Gasteiger partial charge is 0.396 e. The number of halogens is 1. The number of aliphatic hydroxyl groups excluding tert-OH is 1. The Kier molecular flexibility index (Phi) is 5.01. The predicted octanol–water partition coefficient (Wildman–Crippen LogP) is 2.44. The molecule has 0 bridgehead atoms. The number of ketones is 1. The van der Waals surface area contributed by atoms with Gasteiger partial charge in [0.15, 0.2) is 5.78 Å². The molecule has 21 heavy (non-hydrogen) atoms. The maximum atomic E-state index is 12.2. The van der Waals surface area contributed by atoms with Crippen LogP contribution in [-0.2, 0) is 4.79 Å². The second-order valence-electron chi connectivity index (χ2n) is 5.91. The lowest BCUT2D eigenvalue weighted by Crippen LogP contribution is -2.33. The molecule has 1 aliphatic rings. The number of hydrogen-bond acceptors (Lipinski definition) is 3. The third-order valence-corrected chi connectivity index (χ3v) is 4.27.